The summed E-state index contributed by atoms with van der Waals surface area (Å²) < 4.78 is 0.523. The summed E-state index contributed by atoms with van der Waals surface area (Å²) in [7, 11) is 0. The molecule has 1 N–H and O–H groups in total. The topological polar surface area (TPSA) is 12.0 Å². The summed E-state index contributed by atoms with van der Waals surface area (Å²) in [5.74, 6) is 0.662. The standard InChI is InChI=1S/C17H24ClNS/c1-20-17(8-4-5-9-17)12-19-14-10-13(11-14)15-6-2-3-7-16(15)18/h2-3,6-7,13-14,19H,4-5,8-12H2,1H3. The van der Waals surface area contributed by atoms with Crippen molar-refractivity contribution in [3.63, 3.8) is 0 Å². The van der Waals surface area contributed by atoms with Crippen LogP contribution in [0.2, 0.25) is 5.02 Å². The molecule has 0 aromatic heterocycles. The van der Waals surface area contributed by atoms with Gasteiger partial charge in [-0.1, -0.05) is 42.6 Å². The van der Waals surface area contributed by atoms with Crippen molar-refractivity contribution in [2.24, 2.45) is 0 Å². The average molecular weight is 310 g/mol. The van der Waals surface area contributed by atoms with Gasteiger partial charge < -0.3 is 5.32 Å². The van der Waals surface area contributed by atoms with Crippen molar-refractivity contribution < 1.29 is 0 Å². The molecule has 0 atom stereocenters. The van der Waals surface area contributed by atoms with Crippen LogP contribution in [0.4, 0.5) is 0 Å². The molecule has 20 heavy (non-hydrogen) atoms. The Morgan fingerprint density at radius 1 is 1.25 bits per heavy atom. The molecule has 2 aliphatic rings. The van der Waals surface area contributed by atoms with Crippen LogP contribution in [0.5, 0.6) is 0 Å². The Balaban J connectivity index is 1.48. The molecule has 0 radical (unpaired) electrons. The fourth-order valence-electron chi connectivity index (χ4n) is 3.65. The van der Waals surface area contributed by atoms with Gasteiger partial charge in [-0.05, 0) is 49.5 Å². The predicted octanol–water partition coefficient (Wildman–Crippen LogP) is 4.85. The first-order chi connectivity index (χ1) is 9.72. The molecular weight excluding hydrogens is 286 g/mol. The summed E-state index contributed by atoms with van der Waals surface area (Å²) in [5, 5.41) is 4.75. The van der Waals surface area contributed by atoms with E-state index in [1.54, 1.807) is 0 Å². The number of thioether (sulfide) groups is 1. The molecular formula is C17H24ClNS. The first-order valence-electron chi connectivity index (χ1n) is 7.75. The van der Waals surface area contributed by atoms with Gasteiger partial charge in [0.25, 0.3) is 0 Å². The molecule has 0 aliphatic heterocycles. The third-order valence-electron chi connectivity index (χ3n) is 5.14. The van der Waals surface area contributed by atoms with E-state index < -0.39 is 0 Å². The van der Waals surface area contributed by atoms with Crippen molar-refractivity contribution >= 4 is 23.4 Å². The summed E-state index contributed by atoms with van der Waals surface area (Å²) in [6.45, 7) is 1.19. The fourth-order valence-corrected chi connectivity index (χ4v) is 4.86. The first kappa shape index (κ1) is 14.7. The van der Waals surface area contributed by atoms with E-state index >= 15 is 0 Å². The number of benzene rings is 1. The minimum Gasteiger partial charge on any atom is -0.313 e. The Morgan fingerprint density at radius 3 is 2.60 bits per heavy atom. The molecule has 0 heterocycles. The molecule has 3 heteroatoms. The number of nitrogens with one attached hydrogen (secondary N) is 1. The Hall–Kier alpha value is -0.180. The molecule has 2 aliphatic carbocycles. The van der Waals surface area contributed by atoms with Gasteiger partial charge in [0.2, 0.25) is 0 Å². The van der Waals surface area contributed by atoms with Crippen molar-refractivity contribution in [2.45, 2.75) is 55.2 Å². The quantitative estimate of drug-likeness (QED) is 0.834. The maximum atomic E-state index is 6.28. The van der Waals surface area contributed by atoms with Gasteiger partial charge in [0.05, 0.1) is 0 Å². The lowest BCUT2D eigenvalue weighted by Crippen LogP contribution is -2.46. The van der Waals surface area contributed by atoms with Crippen molar-refractivity contribution in [3.8, 4) is 0 Å². The van der Waals surface area contributed by atoms with Crippen molar-refractivity contribution in [2.75, 3.05) is 12.8 Å². The van der Waals surface area contributed by atoms with E-state index in [2.05, 4.69) is 35.5 Å². The van der Waals surface area contributed by atoms with Crippen LogP contribution in [-0.2, 0) is 0 Å². The third-order valence-corrected chi connectivity index (χ3v) is 6.91. The van der Waals surface area contributed by atoms with E-state index in [1.165, 1.54) is 50.6 Å². The highest BCUT2D eigenvalue weighted by atomic mass is 35.5. The summed E-state index contributed by atoms with van der Waals surface area (Å²) >= 11 is 8.35. The molecule has 1 nitrogen and oxygen atoms in total. The van der Waals surface area contributed by atoms with E-state index in [1.807, 2.05) is 12.1 Å². The minimum absolute atomic E-state index is 0.523. The van der Waals surface area contributed by atoms with Crippen LogP contribution in [0, 0.1) is 0 Å². The fraction of sp³-hybridized carbons (Fsp3) is 0.647. The Labute approximate surface area is 131 Å². The molecule has 0 spiro atoms. The number of halogens is 1. The molecule has 1 aromatic carbocycles. The number of rotatable bonds is 5. The van der Waals surface area contributed by atoms with Crippen molar-refractivity contribution in [1.82, 2.24) is 5.32 Å². The van der Waals surface area contributed by atoms with Gasteiger partial charge in [-0.3, -0.25) is 0 Å². The van der Waals surface area contributed by atoms with Crippen molar-refractivity contribution in [3.05, 3.63) is 34.9 Å². The second kappa shape index (κ2) is 6.29. The van der Waals surface area contributed by atoms with Gasteiger partial charge in [0.1, 0.15) is 0 Å². The minimum atomic E-state index is 0.523. The highest BCUT2D eigenvalue weighted by Crippen LogP contribution is 2.42. The van der Waals surface area contributed by atoms with E-state index in [0.717, 1.165) is 5.02 Å². The molecule has 0 saturated heterocycles. The van der Waals surface area contributed by atoms with Gasteiger partial charge in [-0.15, -0.1) is 0 Å². The molecule has 0 unspecified atom stereocenters. The van der Waals surface area contributed by atoms with Gasteiger partial charge >= 0.3 is 0 Å². The summed E-state index contributed by atoms with van der Waals surface area (Å²) in [6.07, 6.45) is 10.4. The lowest BCUT2D eigenvalue weighted by molar-refractivity contribution is 0.282. The normalized spacial score (nSPS) is 28.3. The van der Waals surface area contributed by atoms with E-state index in [4.69, 9.17) is 11.6 Å². The number of hydrogen-bond acceptors (Lipinski definition) is 2. The van der Waals surface area contributed by atoms with E-state index in [9.17, 15) is 0 Å². The Bertz CT molecular complexity index is 450. The highest BCUT2D eigenvalue weighted by Gasteiger charge is 2.36. The van der Waals surface area contributed by atoms with Crippen LogP contribution < -0.4 is 5.32 Å². The maximum absolute atomic E-state index is 6.28. The highest BCUT2D eigenvalue weighted by molar-refractivity contribution is 8.00. The van der Waals surface area contributed by atoms with E-state index in [0.29, 0.717) is 16.7 Å². The molecule has 3 rings (SSSR count). The summed E-state index contributed by atoms with van der Waals surface area (Å²) in [4.78, 5) is 0. The lowest BCUT2D eigenvalue weighted by Gasteiger charge is -2.39. The van der Waals surface area contributed by atoms with E-state index in [-0.39, 0.29) is 0 Å². The Morgan fingerprint density at radius 2 is 1.95 bits per heavy atom. The zero-order valence-corrected chi connectivity index (χ0v) is 13.8. The second-order valence-corrected chi connectivity index (χ2v) is 8.04. The maximum Gasteiger partial charge on any atom is 0.0440 e. The van der Waals surface area contributed by atoms with Gasteiger partial charge in [-0.2, -0.15) is 11.8 Å². The van der Waals surface area contributed by atoms with Gasteiger partial charge in [0.15, 0.2) is 0 Å². The molecule has 0 amide bonds. The zero-order chi connectivity index (χ0) is 14.0. The van der Waals surface area contributed by atoms with Crippen LogP contribution in [0.1, 0.15) is 50.0 Å². The second-order valence-electron chi connectivity index (χ2n) is 6.36. The zero-order valence-electron chi connectivity index (χ0n) is 12.2. The van der Waals surface area contributed by atoms with Gasteiger partial charge in [-0.25, -0.2) is 0 Å². The molecule has 2 fully saturated rings. The van der Waals surface area contributed by atoms with Crippen LogP contribution in [-0.4, -0.2) is 23.6 Å². The van der Waals surface area contributed by atoms with Crippen LogP contribution >= 0.6 is 23.4 Å². The largest absolute Gasteiger partial charge is 0.313 e. The monoisotopic (exact) mass is 309 g/mol. The first-order valence-corrected chi connectivity index (χ1v) is 9.36. The van der Waals surface area contributed by atoms with Crippen molar-refractivity contribution in [1.29, 1.82) is 0 Å². The SMILES string of the molecule is CSC1(CNC2CC(c3ccccc3Cl)C2)CCCC1. The number of hydrogen-bond donors (Lipinski definition) is 1. The molecule has 2 saturated carbocycles. The van der Waals surface area contributed by atoms with Crippen LogP contribution in [0.3, 0.4) is 0 Å². The van der Waals surface area contributed by atoms with Crippen LogP contribution in [0.25, 0.3) is 0 Å². The Kier molecular flexibility index (Phi) is 4.64. The lowest BCUT2D eigenvalue weighted by atomic mass is 9.75. The molecule has 1 aromatic rings. The molecule has 0 bridgehead atoms. The smallest absolute Gasteiger partial charge is 0.0440 e. The predicted molar refractivity (Wildman–Crippen MR) is 89.9 cm³/mol. The summed E-state index contributed by atoms with van der Waals surface area (Å²) in [5.41, 5.74) is 1.34. The summed E-state index contributed by atoms with van der Waals surface area (Å²) in [6, 6.07) is 9.01. The molecule has 110 valence electrons. The average Bonchev–Trinajstić information content (AvgIpc) is 2.88. The van der Waals surface area contributed by atoms with Gasteiger partial charge in [0, 0.05) is 22.4 Å². The third kappa shape index (κ3) is 3.03. The van der Waals surface area contributed by atoms with Crippen LogP contribution in [0.15, 0.2) is 24.3 Å².